The molecule has 0 radical (unpaired) electrons. The molecule has 0 aliphatic carbocycles. The van der Waals surface area contributed by atoms with Crippen molar-refractivity contribution >= 4 is 5.97 Å². The van der Waals surface area contributed by atoms with E-state index in [1.54, 1.807) is 6.92 Å². The zero-order chi connectivity index (χ0) is 14.9. The Labute approximate surface area is 124 Å². The number of carbonyl (C=O) groups is 1. The van der Waals surface area contributed by atoms with Crippen LogP contribution in [0.5, 0.6) is 0 Å². The fourth-order valence-corrected chi connectivity index (χ4v) is 3.08. The van der Waals surface area contributed by atoms with E-state index in [0.29, 0.717) is 6.54 Å². The summed E-state index contributed by atoms with van der Waals surface area (Å²) in [7, 11) is 0. The topological polar surface area (TPSA) is 40.5 Å². The quantitative estimate of drug-likeness (QED) is 0.940. The van der Waals surface area contributed by atoms with Crippen LogP contribution in [0.1, 0.15) is 23.6 Å². The minimum Gasteiger partial charge on any atom is -0.480 e. The SMILES string of the molecule is C[C@](C(=O)O)(c1ccccc1)N1CCc2ccccc2C1. The van der Waals surface area contributed by atoms with E-state index in [9.17, 15) is 9.90 Å². The molecule has 0 amide bonds. The molecule has 3 rings (SSSR count). The molecule has 3 nitrogen and oxygen atoms in total. The Morgan fingerprint density at radius 3 is 2.33 bits per heavy atom. The summed E-state index contributed by atoms with van der Waals surface area (Å²) in [5.41, 5.74) is 2.40. The number of nitrogens with zero attached hydrogens (tertiary/aromatic N) is 1. The maximum atomic E-state index is 12.0. The van der Waals surface area contributed by atoms with E-state index in [2.05, 4.69) is 17.0 Å². The van der Waals surface area contributed by atoms with Crippen molar-refractivity contribution in [2.24, 2.45) is 0 Å². The molecule has 3 heteroatoms. The lowest BCUT2D eigenvalue weighted by molar-refractivity contribution is -0.152. The van der Waals surface area contributed by atoms with Crippen molar-refractivity contribution in [1.82, 2.24) is 4.90 Å². The van der Waals surface area contributed by atoms with Gasteiger partial charge in [0.1, 0.15) is 5.54 Å². The molecule has 0 saturated heterocycles. The van der Waals surface area contributed by atoms with E-state index in [0.717, 1.165) is 18.5 Å². The van der Waals surface area contributed by atoms with E-state index in [4.69, 9.17) is 0 Å². The van der Waals surface area contributed by atoms with Crippen LogP contribution in [0.2, 0.25) is 0 Å². The Balaban J connectivity index is 1.99. The molecule has 0 saturated carbocycles. The Hall–Kier alpha value is -2.13. The molecule has 1 N–H and O–H groups in total. The number of benzene rings is 2. The first-order valence-corrected chi connectivity index (χ1v) is 7.23. The van der Waals surface area contributed by atoms with E-state index in [-0.39, 0.29) is 0 Å². The first kappa shape index (κ1) is 13.8. The third-order valence-electron chi connectivity index (χ3n) is 4.52. The van der Waals surface area contributed by atoms with Crippen LogP contribution in [-0.2, 0) is 23.3 Å². The van der Waals surface area contributed by atoms with Crippen molar-refractivity contribution in [3.8, 4) is 0 Å². The van der Waals surface area contributed by atoms with Gasteiger partial charge in [-0.2, -0.15) is 0 Å². The molecule has 2 aromatic carbocycles. The minimum absolute atomic E-state index is 0.674. The molecule has 0 fully saturated rings. The van der Waals surface area contributed by atoms with Gasteiger partial charge in [0.15, 0.2) is 0 Å². The molecular formula is C18H19NO2. The van der Waals surface area contributed by atoms with Gasteiger partial charge >= 0.3 is 5.97 Å². The van der Waals surface area contributed by atoms with Crippen LogP contribution in [0.3, 0.4) is 0 Å². The highest BCUT2D eigenvalue weighted by Crippen LogP contribution is 2.33. The molecule has 1 aliphatic heterocycles. The normalized spacial score (nSPS) is 17.8. The summed E-state index contributed by atoms with van der Waals surface area (Å²) >= 11 is 0. The highest BCUT2D eigenvalue weighted by Gasteiger charge is 2.42. The monoisotopic (exact) mass is 281 g/mol. The lowest BCUT2D eigenvalue weighted by Gasteiger charge is -2.41. The summed E-state index contributed by atoms with van der Waals surface area (Å²) in [6, 6.07) is 17.8. The van der Waals surface area contributed by atoms with Gasteiger partial charge in [0.2, 0.25) is 0 Å². The molecule has 0 spiro atoms. The minimum atomic E-state index is -0.991. The maximum Gasteiger partial charge on any atom is 0.328 e. The van der Waals surface area contributed by atoms with Crippen molar-refractivity contribution in [1.29, 1.82) is 0 Å². The Morgan fingerprint density at radius 2 is 1.67 bits per heavy atom. The van der Waals surface area contributed by atoms with Crippen molar-refractivity contribution in [2.75, 3.05) is 6.54 Å². The molecule has 2 aromatic rings. The fraction of sp³-hybridized carbons (Fsp3) is 0.278. The average molecular weight is 281 g/mol. The summed E-state index contributed by atoms with van der Waals surface area (Å²) in [5.74, 6) is -0.798. The largest absolute Gasteiger partial charge is 0.480 e. The number of carboxylic acid groups (broad SMARTS) is 1. The summed E-state index contributed by atoms with van der Waals surface area (Å²) in [6.45, 7) is 3.24. The summed E-state index contributed by atoms with van der Waals surface area (Å²) in [4.78, 5) is 14.1. The van der Waals surface area contributed by atoms with Crippen LogP contribution in [0, 0.1) is 0 Å². The van der Waals surface area contributed by atoms with E-state index >= 15 is 0 Å². The van der Waals surface area contributed by atoms with E-state index in [1.165, 1.54) is 11.1 Å². The van der Waals surface area contributed by atoms with Crippen LogP contribution in [0.25, 0.3) is 0 Å². The number of rotatable bonds is 3. The second kappa shape index (κ2) is 5.34. The molecule has 1 heterocycles. The van der Waals surface area contributed by atoms with Gasteiger partial charge in [-0.05, 0) is 30.0 Å². The van der Waals surface area contributed by atoms with Crippen molar-refractivity contribution < 1.29 is 9.90 Å². The van der Waals surface area contributed by atoms with Gasteiger partial charge in [0.05, 0.1) is 0 Å². The highest BCUT2D eigenvalue weighted by atomic mass is 16.4. The van der Waals surface area contributed by atoms with E-state index in [1.807, 2.05) is 42.5 Å². The van der Waals surface area contributed by atoms with Gasteiger partial charge in [-0.15, -0.1) is 0 Å². The smallest absolute Gasteiger partial charge is 0.328 e. The number of fused-ring (bicyclic) bond motifs is 1. The van der Waals surface area contributed by atoms with Crippen molar-refractivity contribution in [2.45, 2.75) is 25.4 Å². The Bertz CT molecular complexity index is 653. The standard InChI is InChI=1S/C18H19NO2/c1-18(17(20)21,16-9-3-2-4-10-16)19-12-11-14-7-5-6-8-15(14)13-19/h2-10H,11-13H2,1H3,(H,20,21)/t18-/m1/s1. The molecule has 0 unspecified atom stereocenters. The average Bonchev–Trinajstić information content (AvgIpc) is 2.54. The van der Waals surface area contributed by atoms with E-state index < -0.39 is 11.5 Å². The summed E-state index contributed by atoms with van der Waals surface area (Å²) in [6.07, 6.45) is 0.895. The summed E-state index contributed by atoms with van der Waals surface area (Å²) in [5, 5.41) is 9.84. The number of aliphatic carboxylic acids is 1. The number of hydrogen-bond donors (Lipinski definition) is 1. The Morgan fingerprint density at radius 1 is 1.05 bits per heavy atom. The first-order valence-electron chi connectivity index (χ1n) is 7.23. The van der Waals surface area contributed by atoms with Crippen molar-refractivity contribution in [3.63, 3.8) is 0 Å². The van der Waals surface area contributed by atoms with Gasteiger partial charge in [-0.3, -0.25) is 4.90 Å². The first-order chi connectivity index (χ1) is 10.1. The lowest BCUT2D eigenvalue weighted by atomic mass is 9.87. The van der Waals surface area contributed by atoms with Crippen LogP contribution >= 0.6 is 0 Å². The fourth-order valence-electron chi connectivity index (χ4n) is 3.08. The van der Waals surface area contributed by atoms with Gasteiger partial charge in [0, 0.05) is 13.1 Å². The molecule has 1 atom stereocenters. The van der Waals surface area contributed by atoms with Gasteiger partial charge in [-0.1, -0.05) is 54.6 Å². The number of carboxylic acids is 1. The molecule has 0 bridgehead atoms. The second-order valence-electron chi connectivity index (χ2n) is 5.68. The molecule has 1 aliphatic rings. The maximum absolute atomic E-state index is 12.0. The molecular weight excluding hydrogens is 262 g/mol. The predicted molar refractivity (Wildman–Crippen MR) is 82.0 cm³/mol. The van der Waals surface area contributed by atoms with Crippen LogP contribution in [-0.4, -0.2) is 22.5 Å². The predicted octanol–water partition coefficient (Wildman–Crippen LogP) is 3.04. The zero-order valence-electron chi connectivity index (χ0n) is 12.1. The Kier molecular flexibility index (Phi) is 3.52. The zero-order valence-corrected chi connectivity index (χ0v) is 12.1. The van der Waals surface area contributed by atoms with Gasteiger partial charge < -0.3 is 5.11 Å². The summed E-state index contributed by atoms with van der Waals surface area (Å²) < 4.78 is 0. The third-order valence-corrected chi connectivity index (χ3v) is 4.52. The number of hydrogen-bond acceptors (Lipinski definition) is 2. The molecule has 21 heavy (non-hydrogen) atoms. The lowest BCUT2D eigenvalue weighted by Crippen LogP contribution is -2.51. The second-order valence-corrected chi connectivity index (χ2v) is 5.68. The molecule has 0 aromatic heterocycles. The van der Waals surface area contributed by atoms with Gasteiger partial charge in [0.25, 0.3) is 0 Å². The van der Waals surface area contributed by atoms with Crippen molar-refractivity contribution in [3.05, 3.63) is 71.3 Å². The highest BCUT2D eigenvalue weighted by molar-refractivity contribution is 5.80. The third kappa shape index (κ3) is 2.34. The van der Waals surface area contributed by atoms with Crippen LogP contribution in [0.4, 0.5) is 0 Å². The van der Waals surface area contributed by atoms with Crippen LogP contribution in [0.15, 0.2) is 54.6 Å². The molecule has 108 valence electrons. The van der Waals surface area contributed by atoms with Crippen LogP contribution < -0.4 is 0 Å². The van der Waals surface area contributed by atoms with Gasteiger partial charge in [-0.25, -0.2) is 4.79 Å².